The maximum absolute atomic E-state index is 12.2. The molecule has 4 aromatic rings. The number of anilines is 1. The maximum atomic E-state index is 12.2. The molecular weight excluding hydrogens is 350 g/mol. The lowest BCUT2D eigenvalue weighted by molar-refractivity contribution is 0.102. The van der Waals surface area contributed by atoms with Gasteiger partial charge in [0.15, 0.2) is 9.47 Å². The van der Waals surface area contributed by atoms with Crippen LogP contribution in [0.4, 0.5) is 5.13 Å². The van der Waals surface area contributed by atoms with Gasteiger partial charge in [-0.25, -0.2) is 19.9 Å². The van der Waals surface area contributed by atoms with Crippen LogP contribution in [0, 0.1) is 0 Å². The summed E-state index contributed by atoms with van der Waals surface area (Å²) < 4.78 is 3.16. The topological polar surface area (TPSA) is 80.7 Å². The summed E-state index contributed by atoms with van der Waals surface area (Å²) in [6, 6.07) is 5.46. The van der Waals surface area contributed by atoms with Gasteiger partial charge in [0, 0.05) is 6.20 Å². The number of aromatic nitrogens is 4. The van der Waals surface area contributed by atoms with E-state index in [-0.39, 0.29) is 5.91 Å². The van der Waals surface area contributed by atoms with Gasteiger partial charge >= 0.3 is 0 Å². The van der Waals surface area contributed by atoms with E-state index in [4.69, 9.17) is 0 Å². The van der Waals surface area contributed by atoms with E-state index in [0.717, 1.165) is 24.8 Å². The Morgan fingerprint density at radius 1 is 1.13 bits per heavy atom. The van der Waals surface area contributed by atoms with Crippen molar-refractivity contribution < 1.29 is 4.79 Å². The van der Waals surface area contributed by atoms with E-state index in [2.05, 4.69) is 25.3 Å². The van der Waals surface area contributed by atoms with Crippen LogP contribution in [-0.2, 0) is 0 Å². The number of thioether (sulfide) groups is 1. The Hall–Kier alpha value is -2.10. The van der Waals surface area contributed by atoms with Gasteiger partial charge in [-0.05, 0) is 24.5 Å². The van der Waals surface area contributed by atoms with E-state index in [0.29, 0.717) is 10.8 Å². The lowest BCUT2D eigenvalue weighted by Crippen LogP contribution is -2.13. The molecule has 9 heteroatoms. The zero-order valence-electron chi connectivity index (χ0n) is 11.8. The van der Waals surface area contributed by atoms with Crippen molar-refractivity contribution in [1.29, 1.82) is 0 Å². The van der Waals surface area contributed by atoms with Crippen molar-refractivity contribution in [3.05, 3.63) is 36.4 Å². The highest BCUT2D eigenvalue weighted by Crippen LogP contribution is 2.38. The summed E-state index contributed by atoms with van der Waals surface area (Å²) >= 11 is 4.72. The van der Waals surface area contributed by atoms with Crippen molar-refractivity contribution in [1.82, 2.24) is 19.9 Å². The highest BCUT2D eigenvalue weighted by Gasteiger charge is 2.14. The first kappa shape index (κ1) is 14.5. The number of thiazole rings is 2. The highest BCUT2D eigenvalue weighted by molar-refractivity contribution is 8.00. The Labute approximate surface area is 143 Å². The van der Waals surface area contributed by atoms with Crippen molar-refractivity contribution in [3.63, 3.8) is 0 Å². The Balaban J connectivity index is 1.72. The number of nitrogens with one attached hydrogen (secondary N) is 1. The van der Waals surface area contributed by atoms with E-state index >= 15 is 0 Å². The first-order valence-electron chi connectivity index (χ1n) is 6.56. The Kier molecular flexibility index (Phi) is 3.68. The number of rotatable bonds is 3. The van der Waals surface area contributed by atoms with Crippen molar-refractivity contribution in [2.24, 2.45) is 0 Å². The number of nitrogens with zero attached hydrogens (tertiary/aromatic N) is 4. The summed E-state index contributed by atoms with van der Waals surface area (Å²) in [7, 11) is 0. The van der Waals surface area contributed by atoms with Gasteiger partial charge in [0.25, 0.3) is 5.91 Å². The smallest absolute Gasteiger partial charge is 0.276 e. The molecule has 0 radical (unpaired) electrons. The molecule has 114 valence electrons. The molecule has 1 aromatic carbocycles. The predicted octanol–water partition coefficient (Wildman–Crippen LogP) is 3.67. The molecule has 4 rings (SSSR count). The van der Waals surface area contributed by atoms with Crippen LogP contribution in [0.15, 0.2) is 35.1 Å². The number of fused-ring (bicyclic) bond motifs is 3. The van der Waals surface area contributed by atoms with Gasteiger partial charge in [-0.1, -0.05) is 23.1 Å². The minimum Gasteiger partial charge on any atom is -0.296 e. The molecular formula is C14H9N5OS3. The second kappa shape index (κ2) is 5.84. The molecule has 0 aliphatic heterocycles. The number of hydrogen-bond donors (Lipinski definition) is 1. The molecule has 0 unspecified atom stereocenters. The van der Waals surface area contributed by atoms with Crippen LogP contribution in [0.1, 0.15) is 10.5 Å². The third kappa shape index (κ3) is 2.67. The third-order valence-corrected chi connectivity index (χ3v) is 6.31. The minimum absolute atomic E-state index is 0.295. The fraction of sp³-hybridized carbons (Fsp3) is 0.0714. The molecule has 1 N–H and O–H groups in total. The zero-order valence-corrected chi connectivity index (χ0v) is 14.3. The molecule has 23 heavy (non-hydrogen) atoms. The Morgan fingerprint density at radius 2 is 1.91 bits per heavy atom. The summed E-state index contributed by atoms with van der Waals surface area (Å²) in [4.78, 5) is 28.9. The Bertz CT molecular complexity index is 1010. The van der Waals surface area contributed by atoms with Crippen molar-refractivity contribution in [2.45, 2.75) is 4.34 Å². The monoisotopic (exact) mass is 359 g/mol. The average molecular weight is 359 g/mol. The van der Waals surface area contributed by atoms with Gasteiger partial charge in [0.2, 0.25) is 0 Å². The van der Waals surface area contributed by atoms with Crippen LogP contribution < -0.4 is 5.32 Å². The molecule has 0 bridgehead atoms. The SMILES string of the molecule is CSc1nc2ccc3nc(NC(=O)c4ccncn4)sc3c2s1. The second-order valence-corrected chi connectivity index (χ2v) is 7.57. The molecule has 3 aromatic heterocycles. The van der Waals surface area contributed by atoms with Gasteiger partial charge in [-0.2, -0.15) is 0 Å². The normalized spacial score (nSPS) is 11.2. The largest absolute Gasteiger partial charge is 0.296 e. The number of carbonyl (C=O) groups is 1. The second-order valence-electron chi connectivity index (χ2n) is 4.51. The van der Waals surface area contributed by atoms with E-state index in [9.17, 15) is 4.79 Å². The summed E-state index contributed by atoms with van der Waals surface area (Å²) in [6.07, 6.45) is 4.89. The molecule has 0 aliphatic carbocycles. The van der Waals surface area contributed by atoms with Gasteiger partial charge < -0.3 is 0 Å². The molecule has 6 nitrogen and oxygen atoms in total. The number of hydrogen-bond acceptors (Lipinski definition) is 8. The zero-order chi connectivity index (χ0) is 15.8. The van der Waals surface area contributed by atoms with Crippen LogP contribution in [0.3, 0.4) is 0 Å². The molecule has 0 saturated heterocycles. The molecule has 0 aliphatic rings. The maximum Gasteiger partial charge on any atom is 0.276 e. The fourth-order valence-electron chi connectivity index (χ4n) is 2.08. The summed E-state index contributed by atoms with van der Waals surface area (Å²) in [5.41, 5.74) is 2.13. The summed E-state index contributed by atoms with van der Waals surface area (Å²) in [5, 5.41) is 3.34. The average Bonchev–Trinajstić information content (AvgIpc) is 3.18. The van der Waals surface area contributed by atoms with Gasteiger partial charge in [0.1, 0.15) is 12.0 Å². The molecule has 1 amide bonds. The standard InChI is InChI=1S/C14H9N5OS3/c1-21-14-18-8-3-2-7-10(11(8)23-14)22-13(17-7)19-12(20)9-4-5-15-6-16-9/h2-6H,1H3,(H,17,19,20). The van der Waals surface area contributed by atoms with Gasteiger partial charge in [0.05, 0.1) is 20.4 Å². The van der Waals surface area contributed by atoms with Gasteiger partial charge in [-0.15, -0.1) is 11.3 Å². The van der Waals surface area contributed by atoms with Crippen LogP contribution in [0.2, 0.25) is 0 Å². The van der Waals surface area contributed by atoms with Crippen molar-refractivity contribution >= 4 is 65.9 Å². The first-order chi connectivity index (χ1) is 11.2. The van der Waals surface area contributed by atoms with E-state index < -0.39 is 0 Å². The molecule has 0 spiro atoms. The predicted molar refractivity (Wildman–Crippen MR) is 94.6 cm³/mol. The van der Waals surface area contributed by atoms with Crippen LogP contribution in [0.5, 0.6) is 0 Å². The lowest BCUT2D eigenvalue weighted by Gasteiger charge is -1.98. The highest BCUT2D eigenvalue weighted by atomic mass is 32.2. The van der Waals surface area contributed by atoms with E-state index in [1.54, 1.807) is 29.2 Å². The number of benzene rings is 1. The van der Waals surface area contributed by atoms with Crippen LogP contribution >= 0.6 is 34.4 Å². The Morgan fingerprint density at radius 3 is 2.65 bits per heavy atom. The third-order valence-electron chi connectivity index (χ3n) is 3.10. The first-order valence-corrected chi connectivity index (χ1v) is 9.42. The van der Waals surface area contributed by atoms with E-state index in [1.807, 2.05) is 18.4 Å². The molecule has 3 heterocycles. The quantitative estimate of drug-likeness (QED) is 0.562. The van der Waals surface area contributed by atoms with Crippen molar-refractivity contribution in [2.75, 3.05) is 11.6 Å². The minimum atomic E-state index is -0.295. The van der Waals surface area contributed by atoms with Gasteiger partial charge in [-0.3, -0.25) is 10.1 Å². The number of amides is 1. The number of carbonyl (C=O) groups excluding carboxylic acids is 1. The lowest BCUT2D eigenvalue weighted by atomic mass is 10.3. The fourth-order valence-corrected chi connectivity index (χ4v) is 4.73. The van der Waals surface area contributed by atoms with Crippen molar-refractivity contribution in [3.8, 4) is 0 Å². The molecule has 0 atom stereocenters. The van der Waals surface area contributed by atoms with Crippen LogP contribution in [0.25, 0.3) is 20.4 Å². The molecule has 0 fully saturated rings. The van der Waals surface area contributed by atoms with Crippen LogP contribution in [-0.4, -0.2) is 32.1 Å². The van der Waals surface area contributed by atoms with E-state index in [1.165, 1.54) is 23.9 Å². The molecule has 0 saturated carbocycles. The summed E-state index contributed by atoms with van der Waals surface area (Å²) in [6.45, 7) is 0. The summed E-state index contributed by atoms with van der Waals surface area (Å²) in [5.74, 6) is -0.295.